The summed E-state index contributed by atoms with van der Waals surface area (Å²) in [6.07, 6.45) is 3.11. The number of halogens is 1. The summed E-state index contributed by atoms with van der Waals surface area (Å²) in [6.45, 7) is 1.72. The maximum Gasteiger partial charge on any atom is 0.318 e. The van der Waals surface area contributed by atoms with Crippen LogP contribution >= 0.6 is 12.4 Å². The highest BCUT2D eigenvalue weighted by molar-refractivity contribution is 5.85. The van der Waals surface area contributed by atoms with Gasteiger partial charge >= 0.3 is 6.03 Å². The molecule has 1 atom stereocenters. The molecule has 0 saturated heterocycles. The Morgan fingerprint density at radius 2 is 1.96 bits per heavy atom. The fourth-order valence-electron chi connectivity index (χ4n) is 3.06. The second kappa shape index (κ2) is 8.35. The number of hydrogen-bond donors (Lipinski definition) is 3. The SMILES string of the molecule is Cl.NCC(NC(=O)CNC(=O)N1CCc2ccccc2C1)C1CC1. The molecule has 6 nitrogen and oxygen atoms in total. The Morgan fingerprint density at radius 3 is 2.62 bits per heavy atom. The van der Waals surface area contributed by atoms with E-state index in [1.165, 1.54) is 11.1 Å². The molecule has 1 aliphatic carbocycles. The van der Waals surface area contributed by atoms with Crippen LogP contribution < -0.4 is 16.4 Å². The zero-order valence-corrected chi connectivity index (χ0v) is 14.5. The lowest BCUT2D eigenvalue weighted by atomic mass is 10.0. The minimum Gasteiger partial charge on any atom is -0.350 e. The van der Waals surface area contributed by atoms with E-state index in [4.69, 9.17) is 5.73 Å². The molecule has 0 bridgehead atoms. The summed E-state index contributed by atoms with van der Waals surface area (Å²) in [7, 11) is 0. The summed E-state index contributed by atoms with van der Waals surface area (Å²) in [5.74, 6) is 0.344. The van der Waals surface area contributed by atoms with Gasteiger partial charge in [0.2, 0.25) is 5.91 Å². The van der Waals surface area contributed by atoms with Gasteiger partial charge in [-0.05, 0) is 36.3 Å². The van der Waals surface area contributed by atoms with Crippen molar-refractivity contribution in [2.24, 2.45) is 11.7 Å². The maximum atomic E-state index is 12.2. The zero-order valence-electron chi connectivity index (χ0n) is 13.7. The number of nitrogens with two attached hydrogens (primary N) is 1. The number of carbonyl (C=O) groups excluding carboxylic acids is 2. The lowest BCUT2D eigenvalue weighted by Gasteiger charge is -2.29. The van der Waals surface area contributed by atoms with Gasteiger partial charge < -0.3 is 21.3 Å². The van der Waals surface area contributed by atoms with Gasteiger partial charge in [-0.15, -0.1) is 12.4 Å². The van der Waals surface area contributed by atoms with Gasteiger partial charge in [0.05, 0.1) is 6.54 Å². The molecule has 4 N–H and O–H groups in total. The highest BCUT2D eigenvalue weighted by atomic mass is 35.5. The van der Waals surface area contributed by atoms with Gasteiger partial charge in [-0.1, -0.05) is 24.3 Å². The van der Waals surface area contributed by atoms with Gasteiger partial charge in [0.1, 0.15) is 0 Å². The van der Waals surface area contributed by atoms with Crippen molar-refractivity contribution < 1.29 is 9.59 Å². The minimum absolute atomic E-state index is 0. The summed E-state index contributed by atoms with van der Waals surface area (Å²) in [4.78, 5) is 25.9. The fourth-order valence-corrected chi connectivity index (χ4v) is 3.06. The number of amides is 3. The Bertz CT molecular complexity index is 592. The highest BCUT2D eigenvalue weighted by Crippen LogP contribution is 2.32. The van der Waals surface area contributed by atoms with E-state index in [0.717, 1.165) is 19.3 Å². The van der Waals surface area contributed by atoms with Crippen LogP contribution in [0.5, 0.6) is 0 Å². The molecule has 1 fully saturated rings. The van der Waals surface area contributed by atoms with Crippen LogP contribution in [-0.4, -0.2) is 42.5 Å². The third-order valence-corrected chi connectivity index (χ3v) is 4.61. The lowest BCUT2D eigenvalue weighted by molar-refractivity contribution is -0.120. The molecule has 1 heterocycles. The van der Waals surface area contributed by atoms with Gasteiger partial charge in [0, 0.05) is 25.7 Å². The van der Waals surface area contributed by atoms with E-state index >= 15 is 0 Å². The number of nitrogens with one attached hydrogen (secondary N) is 2. The molecule has 1 aromatic carbocycles. The second-order valence-corrected chi connectivity index (χ2v) is 6.35. The molecular weight excluding hydrogens is 328 g/mol. The Balaban J connectivity index is 0.00000208. The van der Waals surface area contributed by atoms with E-state index in [-0.39, 0.29) is 36.9 Å². The molecule has 1 aliphatic heterocycles. The van der Waals surface area contributed by atoms with E-state index in [9.17, 15) is 9.59 Å². The van der Waals surface area contributed by atoms with Crippen molar-refractivity contribution in [1.82, 2.24) is 15.5 Å². The van der Waals surface area contributed by atoms with E-state index in [1.807, 2.05) is 18.2 Å². The van der Waals surface area contributed by atoms with Crippen molar-refractivity contribution >= 4 is 24.3 Å². The topological polar surface area (TPSA) is 87.5 Å². The molecule has 132 valence electrons. The zero-order chi connectivity index (χ0) is 16.2. The Hall–Kier alpha value is -1.79. The van der Waals surface area contributed by atoms with Crippen molar-refractivity contribution in [3.05, 3.63) is 35.4 Å². The first kappa shape index (κ1) is 18.5. The number of hydrogen-bond acceptors (Lipinski definition) is 3. The molecule has 1 saturated carbocycles. The highest BCUT2D eigenvalue weighted by Gasteiger charge is 2.31. The predicted octanol–water partition coefficient (Wildman–Crippen LogP) is 1.03. The van der Waals surface area contributed by atoms with Crippen molar-refractivity contribution in [3.63, 3.8) is 0 Å². The van der Waals surface area contributed by atoms with E-state index in [2.05, 4.69) is 16.7 Å². The van der Waals surface area contributed by atoms with Crippen LogP contribution in [0.15, 0.2) is 24.3 Å². The van der Waals surface area contributed by atoms with Crippen molar-refractivity contribution in [3.8, 4) is 0 Å². The van der Waals surface area contributed by atoms with Crippen LogP contribution in [0.25, 0.3) is 0 Å². The maximum absolute atomic E-state index is 12.2. The smallest absolute Gasteiger partial charge is 0.318 e. The molecule has 0 radical (unpaired) electrons. The molecule has 0 spiro atoms. The number of fused-ring (bicyclic) bond motifs is 1. The van der Waals surface area contributed by atoms with E-state index in [0.29, 0.717) is 25.6 Å². The molecule has 0 aromatic heterocycles. The van der Waals surface area contributed by atoms with Crippen LogP contribution in [0.1, 0.15) is 24.0 Å². The van der Waals surface area contributed by atoms with Crippen molar-refractivity contribution in [2.75, 3.05) is 19.6 Å². The molecule has 3 amide bonds. The number of rotatable bonds is 5. The first-order valence-electron chi connectivity index (χ1n) is 8.26. The molecule has 7 heteroatoms. The molecule has 24 heavy (non-hydrogen) atoms. The normalized spacial score (nSPS) is 17.3. The third kappa shape index (κ3) is 4.61. The monoisotopic (exact) mass is 352 g/mol. The van der Waals surface area contributed by atoms with Crippen LogP contribution in [0.4, 0.5) is 4.79 Å². The van der Waals surface area contributed by atoms with Gasteiger partial charge in [-0.3, -0.25) is 4.79 Å². The Morgan fingerprint density at radius 1 is 1.25 bits per heavy atom. The molecule has 3 rings (SSSR count). The van der Waals surface area contributed by atoms with Crippen LogP contribution in [-0.2, 0) is 17.8 Å². The second-order valence-electron chi connectivity index (χ2n) is 6.35. The summed E-state index contributed by atoms with van der Waals surface area (Å²) in [5, 5.41) is 5.61. The Kier molecular flexibility index (Phi) is 6.45. The number of urea groups is 1. The van der Waals surface area contributed by atoms with Crippen molar-refractivity contribution in [2.45, 2.75) is 31.8 Å². The fraction of sp³-hybridized carbons (Fsp3) is 0.529. The Labute approximate surface area is 148 Å². The van der Waals surface area contributed by atoms with E-state index in [1.54, 1.807) is 4.90 Å². The van der Waals surface area contributed by atoms with Crippen LogP contribution in [0, 0.1) is 5.92 Å². The van der Waals surface area contributed by atoms with Crippen LogP contribution in [0.3, 0.4) is 0 Å². The van der Waals surface area contributed by atoms with Crippen LogP contribution in [0.2, 0.25) is 0 Å². The number of nitrogens with zero attached hydrogens (tertiary/aromatic N) is 1. The third-order valence-electron chi connectivity index (χ3n) is 4.61. The predicted molar refractivity (Wildman–Crippen MR) is 94.9 cm³/mol. The number of carbonyl (C=O) groups is 2. The first-order chi connectivity index (χ1) is 11.2. The van der Waals surface area contributed by atoms with Crippen molar-refractivity contribution in [1.29, 1.82) is 0 Å². The summed E-state index contributed by atoms with van der Waals surface area (Å²) >= 11 is 0. The lowest BCUT2D eigenvalue weighted by Crippen LogP contribution is -2.49. The first-order valence-corrected chi connectivity index (χ1v) is 8.26. The average molecular weight is 353 g/mol. The molecule has 2 aliphatic rings. The van der Waals surface area contributed by atoms with Gasteiger partial charge in [-0.25, -0.2) is 4.79 Å². The molecular formula is C17H25ClN4O2. The molecule has 1 unspecified atom stereocenters. The van der Waals surface area contributed by atoms with Gasteiger partial charge in [-0.2, -0.15) is 0 Å². The summed E-state index contributed by atoms with van der Waals surface area (Å²) < 4.78 is 0. The van der Waals surface area contributed by atoms with E-state index < -0.39 is 0 Å². The summed E-state index contributed by atoms with van der Waals surface area (Å²) in [5.41, 5.74) is 8.14. The van der Waals surface area contributed by atoms with Gasteiger partial charge in [0.25, 0.3) is 0 Å². The number of benzene rings is 1. The minimum atomic E-state index is -0.189. The average Bonchev–Trinajstić information content (AvgIpc) is 3.42. The quantitative estimate of drug-likeness (QED) is 0.739. The standard InChI is InChI=1S/C17H24N4O2.ClH/c18-9-15(13-5-6-13)20-16(22)10-19-17(23)21-8-7-12-3-1-2-4-14(12)11-21;/h1-4,13,15H,5-11,18H2,(H,19,23)(H,20,22);1H. The largest absolute Gasteiger partial charge is 0.350 e. The molecule has 1 aromatic rings. The van der Waals surface area contributed by atoms with Gasteiger partial charge in [0.15, 0.2) is 0 Å². The summed E-state index contributed by atoms with van der Waals surface area (Å²) in [6, 6.07) is 8.00.